The van der Waals surface area contributed by atoms with Crippen LogP contribution in [0.1, 0.15) is 19.0 Å². The van der Waals surface area contributed by atoms with Gasteiger partial charge in [0.25, 0.3) is 0 Å². The highest BCUT2D eigenvalue weighted by Crippen LogP contribution is 2.02. The second-order valence-corrected chi connectivity index (χ2v) is 2.89. The topological polar surface area (TPSA) is 30.9 Å². The van der Waals surface area contributed by atoms with Crippen LogP contribution < -0.4 is 5.73 Å². The molecule has 2 nitrogen and oxygen atoms in total. The van der Waals surface area contributed by atoms with Crippen molar-refractivity contribution >= 4 is 17.2 Å². The van der Waals surface area contributed by atoms with E-state index in [4.69, 9.17) is 18.0 Å². The molecule has 0 aliphatic rings. The van der Waals surface area contributed by atoms with Gasteiger partial charge in [0.15, 0.2) is 0 Å². The Morgan fingerprint density at radius 2 is 2.45 bits per heavy atom. The molecule has 0 aliphatic carbocycles. The third-order valence-electron chi connectivity index (χ3n) is 1.55. The molecular formula is C8H12N2S. The van der Waals surface area contributed by atoms with Crippen LogP contribution in [0.3, 0.4) is 0 Å². The fourth-order valence-electron chi connectivity index (χ4n) is 1.07. The zero-order valence-electron chi connectivity index (χ0n) is 6.58. The van der Waals surface area contributed by atoms with Crippen LogP contribution in [0, 0.1) is 0 Å². The highest BCUT2D eigenvalue weighted by atomic mass is 32.1. The van der Waals surface area contributed by atoms with E-state index in [9.17, 15) is 0 Å². The second-order valence-electron chi connectivity index (χ2n) is 2.45. The molecule has 1 heterocycles. The maximum atomic E-state index is 5.50. The van der Waals surface area contributed by atoms with Crippen molar-refractivity contribution in [2.24, 2.45) is 5.73 Å². The molecule has 0 saturated heterocycles. The van der Waals surface area contributed by atoms with Gasteiger partial charge in [0.1, 0.15) is 4.99 Å². The molecule has 0 unspecified atom stereocenters. The number of nitrogens with two attached hydrogens (primary N) is 1. The van der Waals surface area contributed by atoms with Gasteiger partial charge in [-0.05, 0) is 18.6 Å². The van der Waals surface area contributed by atoms with Gasteiger partial charge in [0, 0.05) is 12.7 Å². The van der Waals surface area contributed by atoms with E-state index >= 15 is 0 Å². The smallest absolute Gasteiger partial charge is 0.120 e. The van der Waals surface area contributed by atoms with Gasteiger partial charge in [0.2, 0.25) is 0 Å². The molecule has 0 atom stereocenters. The van der Waals surface area contributed by atoms with Crippen molar-refractivity contribution in [3.05, 3.63) is 24.0 Å². The Labute approximate surface area is 72.0 Å². The second kappa shape index (κ2) is 3.53. The van der Waals surface area contributed by atoms with Crippen LogP contribution in [-0.2, 0) is 6.54 Å². The van der Waals surface area contributed by atoms with E-state index in [2.05, 4.69) is 11.5 Å². The highest BCUT2D eigenvalue weighted by Gasteiger charge is 2.00. The maximum absolute atomic E-state index is 5.50. The first kappa shape index (κ1) is 8.27. The molecule has 0 fully saturated rings. The average molecular weight is 168 g/mol. The number of hydrogen-bond donors (Lipinski definition) is 1. The Balaban J connectivity index is 2.87. The number of aryl methyl sites for hydroxylation is 1. The Morgan fingerprint density at radius 3 is 3.00 bits per heavy atom. The third kappa shape index (κ3) is 1.80. The van der Waals surface area contributed by atoms with Crippen molar-refractivity contribution in [2.45, 2.75) is 19.9 Å². The molecule has 1 aromatic rings. The van der Waals surface area contributed by atoms with Crippen LogP contribution in [0.25, 0.3) is 0 Å². The third-order valence-corrected chi connectivity index (χ3v) is 1.76. The number of hydrogen-bond acceptors (Lipinski definition) is 1. The molecule has 0 aromatic carbocycles. The molecule has 0 bridgehead atoms. The lowest BCUT2D eigenvalue weighted by Gasteiger charge is -2.04. The Kier molecular flexibility index (Phi) is 2.65. The van der Waals surface area contributed by atoms with Gasteiger partial charge >= 0.3 is 0 Å². The summed E-state index contributed by atoms with van der Waals surface area (Å²) in [6, 6.07) is 3.90. The van der Waals surface area contributed by atoms with Gasteiger partial charge in [0.05, 0.1) is 5.69 Å². The normalized spacial score (nSPS) is 9.91. The van der Waals surface area contributed by atoms with E-state index in [1.54, 1.807) is 0 Å². The van der Waals surface area contributed by atoms with E-state index in [1.807, 2.05) is 18.3 Å². The number of rotatable bonds is 3. The van der Waals surface area contributed by atoms with Gasteiger partial charge in [-0.25, -0.2) is 0 Å². The highest BCUT2D eigenvalue weighted by molar-refractivity contribution is 7.80. The van der Waals surface area contributed by atoms with E-state index in [1.165, 1.54) is 0 Å². The van der Waals surface area contributed by atoms with Crippen LogP contribution in [0.2, 0.25) is 0 Å². The quantitative estimate of drug-likeness (QED) is 0.694. The van der Waals surface area contributed by atoms with Crippen molar-refractivity contribution in [3.8, 4) is 0 Å². The van der Waals surface area contributed by atoms with Crippen molar-refractivity contribution < 1.29 is 0 Å². The van der Waals surface area contributed by atoms with Crippen LogP contribution >= 0.6 is 12.2 Å². The monoisotopic (exact) mass is 168 g/mol. The van der Waals surface area contributed by atoms with E-state index in [0.717, 1.165) is 18.7 Å². The number of nitrogens with zero attached hydrogens (tertiary/aromatic N) is 1. The summed E-state index contributed by atoms with van der Waals surface area (Å²) in [5.74, 6) is 0. The molecule has 0 spiro atoms. The molecule has 1 aromatic heterocycles. The minimum absolute atomic E-state index is 0.475. The summed E-state index contributed by atoms with van der Waals surface area (Å²) in [6.07, 6.45) is 3.10. The van der Waals surface area contributed by atoms with Crippen molar-refractivity contribution in [1.82, 2.24) is 4.57 Å². The molecule has 0 amide bonds. The predicted molar refractivity (Wildman–Crippen MR) is 50.6 cm³/mol. The van der Waals surface area contributed by atoms with Crippen LogP contribution in [0.15, 0.2) is 18.3 Å². The zero-order chi connectivity index (χ0) is 8.27. The minimum Gasteiger partial charge on any atom is -0.388 e. The number of aromatic nitrogens is 1. The van der Waals surface area contributed by atoms with Gasteiger partial charge in [-0.2, -0.15) is 0 Å². The van der Waals surface area contributed by atoms with Gasteiger partial charge in [-0.1, -0.05) is 19.1 Å². The summed E-state index contributed by atoms with van der Waals surface area (Å²) < 4.78 is 2.07. The lowest BCUT2D eigenvalue weighted by atomic mass is 10.4. The van der Waals surface area contributed by atoms with E-state index < -0.39 is 0 Å². The Bertz CT molecular complexity index is 252. The van der Waals surface area contributed by atoms with Crippen LogP contribution in [0.4, 0.5) is 0 Å². The lowest BCUT2D eigenvalue weighted by Crippen LogP contribution is -2.15. The summed E-state index contributed by atoms with van der Waals surface area (Å²) in [6.45, 7) is 3.11. The van der Waals surface area contributed by atoms with Crippen molar-refractivity contribution in [2.75, 3.05) is 0 Å². The first-order chi connectivity index (χ1) is 5.25. The van der Waals surface area contributed by atoms with E-state index in [-0.39, 0.29) is 0 Å². The van der Waals surface area contributed by atoms with Crippen LogP contribution in [0.5, 0.6) is 0 Å². The SMILES string of the molecule is CCCn1cccc1C(N)=S. The van der Waals surface area contributed by atoms with E-state index in [0.29, 0.717) is 4.99 Å². The van der Waals surface area contributed by atoms with Crippen molar-refractivity contribution in [3.63, 3.8) is 0 Å². The largest absolute Gasteiger partial charge is 0.388 e. The minimum atomic E-state index is 0.475. The molecule has 11 heavy (non-hydrogen) atoms. The Hall–Kier alpha value is -0.830. The van der Waals surface area contributed by atoms with Gasteiger partial charge in [-0.3, -0.25) is 0 Å². The van der Waals surface area contributed by atoms with Crippen LogP contribution in [-0.4, -0.2) is 9.56 Å². The first-order valence-electron chi connectivity index (χ1n) is 3.70. The van der Waals surface area contributed by atoms with Gasteiger partial charge in [-0.15, -0.1) is 0 Å². The molecule has 60 valence electrons. The molecule has 0 saturated carbocycles. The fraction of sp³-hybridized carbons (Fsp3) is 0.375. The lowest BCUT2D eigenvalue weighted by molar-refractivity contribution is 0.679. The molecule has 2 N–H and O–H groups in total. The summed E-state index contributed by atoms with van der Waals surface area (Å²) in [4.78, 5) is 0.475. The molecule has 0 radical (unpaired) electrons. The standard InChI is InChI=1S/C8H12N2S/c1-2-5-10-6-3-4-7(10)8(9)11/h3-4,6H,2,5H2,1H3,(H2,9,11). The zero-order valence-corrected chi connectivity index (χ0v) is 7.40. The molecule has 1 rings (SSSR count). The average Bonchev–Trinajstić information content (AvgIpc) is 2.36. The summed E-state index contributed by atoms with van der Waals surface area (Å²) >= 11 is 4.87. The summed E-state index contributed by atoms with van der Waals surface area (Å²) in [5, 5.41) is 0. The summed E-state index contributed by atoms with van der Waals surface area (Å²) in [7, 11) is 0. The van der Waals surface area contributed by atoms with Gasteiger partial charge < -0.3 is 10.3 Å². The molecule has 3 heteroatoms. The summed E-state index contributed by atoms with van der Waals surface area (Å²) in [5.41, 5.74) is 6.46. The van der Waals surface area contributed by atoms with Crippen molar-refractivity contribution in [1.29, 1.82) is 0 Å². The molecule has 0 aliphatic heterocycles. The number of thiocarbonyl (C=S) groups is 1. The predicted octanol–water partition coefficient (Wildman–Crippen LogP) is 1.53. The fourth-order valence-corrected chi connectivity index (χ4v) is 1.26. The first-order valence-corrected chi connectivity index (χ1v) is 4.11. The maximum Gasteiger partial charge on any atom is 0.120 e. The Morgan fingerprint density at radius 1 is 1.73 bits per heavy atom. The molecular weight excluding hydrogens is 156 g/mol.